The van der Waals surface area contributed by atoms with Gasteiger partial charge in [0.25, 0.3) is 0 Å². The lowest BCUT2D eigenvalue weighted by molar-refractivity contribution is -0.136. The van der Waals surface area contributed by atoms with E-state index in [4.69, 9.17) is 9.15 Å². The second-order valence-corrected chi connectivity index (χ2v) is 5.47. The highest BCUT2D eigenvalue weighted by atomic mass is 19.4. The number of oxazole rings is 1. The molecule has 0 fully saturated rings. The zero-order valence-corrected chi connectivity index (χ0v) is 14.0. The van der Waals surface area contributed by atoms with Gasteiger partial charge in [-0.2, -0.15) is 13.2 Å². The summed E-state index contributed by atoms with van der Waals surface area (Å²) in [6.45, 7) is 1.61. The Bertz CT molecular complexity index is 1120. The molecule has 4 rings (SSSR count). The number of nitrogens with zero attached hydrogens (tertiary/aromatic N) is 6. The number of hydrogen-bond donors (Lipinski definition) is 0. The molecule has 138 valence electrons. The normalized spacial score (nSPS) is 11.9. The Hall–Kier alpha value is -3.50. The molecule has 0 unspecified atom stereocenters. The van der Waals surface area contributed by atoms with E-state index in [1.165, 1.54) is 30.3 Å². The maximum Gasteiger partial charge on any atom is 0.418 e. The third kappa shape index (κ3) is 2.86. The van der Waals surface area contributed by atoms with Crippen molar-refractivity contribution in [3.05, 3.63) is 42.4 Å². The highest BCUT2D eigenvalue weighted by molar-refractivity contribution is 5.82. The number of imidazole rings is 1. The van der Waals surface area contributed by atoms with Gasteiger partial charge in [0.1, 0.15) is 17.5 Å². The number of hydrogen-bond acceptors (Lipinski definition) is 7. The van der Waals surface area contributed by atoms with Crippen LogP contribution in [0.5, 0.6) is 5.88 Å². The number of aryl methyl sites for hydroxylation is 1. The predicted octanol–water partition coefficient (Wildman–Crippen LogP) is 3.20. The number of alkyl halides is 3. The van der Waals surface area contributed by atoms with E-state index in [0.29, 0.717) is 5.89 Å². The molecule has 0 amide bonds. The molecule has 0 spiro atoms. The van der Waals surface area contributed by atoms with Gasteiger partial charge in [0.15, 0.2) is 23.2 Å². The van der Waals surface area contributed by atoms with E-state index in [9.17, 15) is 13.2 Å². The Labute approximate surface area is 149 Å². The van der Waals surface area contributed by atoms with Gasteiger partial charge in [-0.25, -0.2) is 24.9 Å². The molecule has 0 N–H and O–H groups in total. The molecular formula is C16H11F3N6O2. The summed E-state index contributed by atoms with van der Waals surface area (Å²) >= 11 is 0. The average molecular weight is 376 g/mol. The summed E-state index contributed by atoms with van der Waals surface area (Å²) in [5.74, 6) is 0.908. The summed E-state index contributed by atoms with van der Waals surface area (Å²) in [6, 6.07) is 0.872. The minimum atomic E-state index is -4.59. The molecule has 27 heavy (non-hydrogen) atoms. The smallest absolute Gasteiger partial charge is 0.418 e. The van der Waals surface area contributed by atoms with Crippen molar-refractivity contribution in [1.82, 2.24) is 29.5 Å². The average Bonchev–Trinajstić information content (AvgIpc) is 3.24. The van der Waals surface area contributed by atoms with Crippen molar-refractivity contribution in [3.63, 3.8) is 0 Å². The number of aromatic nitrogens is 6. The molecule has 0 aliphatic carbocycles. The maximum atomic E-state index is 13.4. The van der Waals surface area contributed by atoms with Gasteiger partial charge in [-0.1, -0.05) is 0 Å². The summed E-state index contributed by atoms with van der Waals surface area (Å²) in [6.07, 6.45) is 0.462. The van der Waals surface area contributed by atoms with Crippen LogP contribution in [0.3, 0.4) is 0 Å². The van der Waals surface area contributed by atoms with Crippen LogP contribution in [0.15, 0.2) is 35.3 Å². The molecule has 11 heteroatoms. The van der Waals surface area contributed by atoms with E-state index in [2.05, 4.69) is 24.9 Å². The van der Waals surface area contributed by atoms with Crippen LogP contribution in [0.4, 0.5) is 13.2 Å². The van der Waals surface area contributed by atoms with Crippen LogP contribution >= 0.6 is 0 Å². The van der Waals surface area contributed by atoms with E-state index in [1.54, 1.807) is 6.92 Å². The molecule has 0 saturated heterocycles. The van der Waals surface area contributed by atoms with Crippen LogP contribution in [-0.2, 0) is 6.18 Å². The zero-order valence-electron chi connectivity index (χ0n) is 14.0. The van der Waals surface area contributed by atoms with Gasteiger partial charge in [0.2, 0.25) is 5.88 Å². The number of fused-ring (bicyclic) bond motifs is 1. The summed E-state index contributed by atoms with van der Waals surface area (Å²) in [7, 11) is 1.43. The molecule has 4 heterocycles. The standard InChI is InChI=1S/C16H11F3N6O2/c1-8-23-10(7-27-8)14-24-13-9(16(17,18)19)3-4-20-15(13)25(14)11-5-22-12(26-2)6-21-11/h3-7H,1-2H3. The fourth-order valence-electron chi connectivity index (χ4n) is 2.59. The molecular weight excluding hydrogens is 365 g/mol. The number of pyridine rings is 1. The third-order valence-corrected chi connectivity index (χ3v) is 3.75. The van der Waals surface area contributed by atoms with Crippen molar-refractivity contribution in [2.75, 3.05) is 7.11 Å². The van der Waals surface area contributed by atoms with Crippen molar-refractivity contribution in [1.29, 1.82) is 0 Å². The van der Waals surface area contributed by atoms with E-state index in [1.807, 2.05) is 0 Å². The SMILES string of the molecule is COc1cnc(-n2c(-c3coc(C)n3)nc3c(C(F)(F)F)ccnc32)cn1. The molecule has 8 nitrogen and oxygen atoms in total. The number of halogens is 3. The minimum absolute atomic E-state index is 0.0278. The second kappa shape index (κ2) is 6.04. The van der Waals surface area contributed by atoms with Gasteiger partial charge >= 0.3 is 6.18 Å². The second-order valence-electron chi connectivity index (χ2n) is 5.47. The van der Waals surface area contributed by atoms with Crippen LogP contribution in [0.25, 0.3) is 28.5 Å². The predicted molar refractivity (Wildman–Crippen MR) is 86.2 cm³/mol. The van der Waals surface area contributed by atoms with Crippen molar-refractivity contribution < 1.29 is 22.3 Å². The third-order valence-electron chi connectivity index (χ3n) is 3.75. The fourth-order valence-corrected chi connectivity index (χ4v) is 2.59. The Morgan fingerprint density at radius 2 is 1.93 bits per heavy atom. The number of rotatable bonds is 3. The lowest BCUT2D eigenvalue weighted by Crippen LogP contribution is -2.07. The highest BCUT2D eigenvalue weighted by Gasteiger charge is 2.35. The van der Waals surface area contributed by atoms with Gasteiger partial charge in [-0.05, 0) is 6.07 Å². The van der Waals surface area contributed by atoms with Crippen LogP contribution in [0, 0.1) is 6.92 Å². The van der Waals surface area contributed by atoms with Crippen molar-refractivity contribution >= 4 is 11.2 Å². The first-order valence-corrected chi connectivity index (χ1v) is 7.62. The summed E-state index contributed by atoms with van der Waals surface area (Å²) in [4.78, 5) is 20.6. The largest absolute Gasteiger partial charge is 0.480 e. The van der Waals surface area contributed by atoms with E-state index in [0.717, 1.165) is 12.3 Å². The maximum absolute atomic E-state index is 13.4. The van der Waals surface area contributed by atoms with Crippen LogP contribution < -0.4 is 4.74 Å². The van der Waals surface area contributed by atoms with Crippen LogP contribution in [-0.4, -0.2) is 36.6 Å². The molecule has 0 aliphatic heterocycles. The van der Waals surface area contributed by atoms with Crippen molar-refractivity contribution in [3.8, 4) is 23.2 Å². The zero-order chi connectivity index (χ0) is 19.2. The van der Waals surface area contributed by atoms with E-state index in [-0.39, 0.29) is 34.4 Å². The molecule has 0 aliphatic rings. The molecule has 0 atom stereocenters. The molecule has 0 radical (unpaired) electrons. The van der Waals surface area contributed by atoms with E-state index >= 15 is 0 Å². The molecule has 0 aromatic carbocycles. The van der Waals surface area contributed by atoms with Crippen molar-refractivity contribution in [2.24, 2.45) is 0 Å². The highest BCUT2D eigenvalue weighted by Crippen LogP contribution is 2.36. The van der Waals surface area contributed by atoms with Crippen molar-refractivity contribution in [2.45, 2.75) is 13.1 Å². The summed E-state index contributed by atoms with van der Waals surface area (Å²) < 4.78 is 51.7. The van der Waals surface area contributed by atoms with E-state index < -0.39 is 11.7 Å². The Balaban J connectivity index is 2.04. The quantitative estimate of drug-likeness (QED) is 0.542. The fraction of sp³-hybridized carbons (Fsp3) is 0.188. The molecule has 4 aromatic heterocycles. The lowest BCUT2D eigenvalue weighted by Gasteiger charge is -2.08. The topological polar surface area (TPSA) is 91.8 Å². The first kappa shape index (κ1) is 16.9. The monoisotopic (exact) mass is 376 g/mol. The molecule has 0 saturated carbocycles. The van der Waals surface area contributed by atoms with Crippen LogP contribution in [0.2, 0.25) is 0 Å². The summed E-state index contributed by atoms with van der Waals surface area (Å²) in [5.41, 5.74) is -1.01. The first-order valence-electron chi connectivity index (χ1n) is 7.62. The molecule has 4 aromatic rings. The Morgan fingerprint density at radius 1 is 1.11 bits per heavy atom. The van der Waals surface area contributed by atoms with Gasteiger partial charge < -0.3 is 9.15 Å². The lowest BCUT2D eigenvalue weighted by atomic mass is 10.2. The first-order chi connectivity index (χ1) is 12.9. The van der Waals surface area contributed by atoms with Gasteiger partial charge in [-0.15, -0.1) is 0 Å². The summed E-state index contributed by atoms with van der Waals surface area (Å²) in [5, 5.41) is 0. The number of ether oxygens (including phenoxy) is 1. The van der Waals surface area contributed by atoms with Gasteiger partial charge in [0.05, 0.1) is 25.1 Å². The molecule has 0 bridgehead atoms. The van der Waals surface area contributed by atoms with Gasteiger partial charge in [0, 0.05) is 13.1 Å². The van der Waals surface area contributed by atoms with Crippen LogP contribution in [0.1, 0.15) is 11.5 Å². The Morgan fingerprint density at radius 3 is 2.52 bits per heavy atom. The Kier molecular flexibility index (Phi) is 3.79. The number of methoxy groups -OCH3 is 1. The minimum Gasteiger partial charge on any atom is -0.480 e. The van der Waals surface area contributed by atoms with Gasteiger partial charge in [-0.3, -0.25) is 4.57 Å².